The average Bonchev–Trinajstić information content (AvgIpc) is 3.20. The number of H-pyrrole nitrogens is 1. The summed E-state index contributed by atoms with van der Waals surface area (Å²) in [5, 5.41) is 1.15. The van der Waals surface area contributed by atoms with Gasteiger partial charge in [0.2, 0.25) is 0 Å². The molecule has 3 fully saturated rings. The summed E-state index contributed by atoms with van der Waals surface area (Å²) in [6.07, 6.45) is 3.76. The van der Waals surface area contributed by atoms with Crippen molar-refractivity contribution in [3.8, 4) is 5.75 Å². The van der Waals surface area contributed by atoms with Crippen LogP contribution in [0.5, 0.6) is 5.75 Å². The number of nitrogens with zero attached hydrogens (tertiary/aromatic N) is 1. The first kappa shape index (κ1) is 24.6. The van der Waals surface area contributed by atoms with Crippen LogP contribution in [0, 0.1) is 11.8 Å². The smallest absolute Gasteiger partial charge is 0.319 e. The van der Waals surface area contributed by atoms with Gasteiger partial charge in [0, 0.05) is 49.4 Å². The summed E-state index contributed by atoms with van der Waals surface area (Å²) in [5.74, 6) is 1.56. The molecule has 35 heavy (non-hydrogen) atoms. The Balaban J connectivity index is 1.47. The largest absolute Gasteiger partial charge is 0.497 e. The number of aromatic nitrogens is 1. The van der Waals surface area contributed by atoms with Crippen LogP contribution in [0.3, 0.4) is 0 Å². The Morgan fingerprint density at radius 3 is 2.86 bits per heavy atom. The van der Waals surface area contributed by atoms with E-state index >= 15 is 0 Å². The Hall–Kier alpha value is -2.13. The molecule has 5 unspecified atom stereocenters. The van der Waals surface area contributed by atoms with Gasteiger partial charge in [-0.25, -0.2) is 0 Å². The SMILES string of the molecule is CCOC(=O)C12CC3CC(CCOCOCCOC)C1N(CCc1c2[nH]c2ccc(OC)cc12)C3. The number of carbonyl (C=O) groups excluding carboxylic acids is 1. The molecule has 1 aromatic carbocycles. The monoisotopic (exact) mass is 486 g/mol. The molecule has 192 valence electrons. The lowest BCUT2D eigenvalue weighted by Crippen LogP contribution is -2.67. The van der Waals surface area contributed by atoms with Crippen LogP contribution >= 0.6 is 0 Å². The highest BCUT2D eigenvalue weighted by Crippen LogP contribution is 2.55. The summed E-state index contributed by atoms with van der Waals surface area (Å²) in [7, 11) is 3.35. The second kappa shape index (κ2) is 10.5. The first-order valence-electron chi connectivity index (χ1n) is 12.9. The molecule has 8 nitrogen and oxygen atoms in total. The minimum absolute atomic E-state index is 0.0881. The zero-order chi connectivity index (χ0) is 24.4. The number of rotatable bonds is 11. The highest BCUT2D eigenvalue weighted by atomic mass is 16.7. The second-order valence-electron chi connectivity index (χ2n) is 10.1. The number of aromatic amines is 1. The minimum Gasteiger partial charge on any atom is -0.497 e. The van der Waals surface area contributed by atoms with Crippen LogP contribution < -0.4 is 4.74 Å². The molecule has 8 heteroatoms. The van der Waals surface area contributed by atoms with Gasteiger partial charge in [0.15, 0.2) is 0 Å². The molecule has 0 radical (unpaired) electrons. The van der Waals surface area contributed by atoms with Gasteiger partial charge in [0.05, 0.1) is 26.9 Å². The molecule has 4 bridgehead atoms. The van der Waals surface area contributed by atoms with E-state index in [0.29, 0.717) is 38.3 Å². The predicted octanol–water partition coefficient (Wildman–Crippen LogP) is 3.27. The number of hydrogen-bond acceptors (Lipinski definition) is 7. The second-order valence-corrected chi connectivity index (χ2v) is 10.1. The maximum atomic E-state index is 13.9. The number of ether oxygens (including phenoxy) is 5. The third-order valence-electron chi connectivity index (χ3n) is 8.16. The van der Waals surface area contributed by atoms with E-state index in [1.54, 1.807) is 14.2 Å². The van der Waals surface area contributed by atoms with Gasteiger partial charge in [0.1, 0.15) is 18.0 Å². The number of methoxy groups -OCH3 is 2. The Kier molecular flexibility index (Phi) is 7.34. The molecule has 5 atom stereocenters. The average molecular weight is 487 g/mol. The molecule has 1 aliphatic carbocycles. The topological polar surface area (TPSA) is 82.3 Å². The van der Waals surface area contributed by atoms with E-state index in [4.69, 9.17) is 23.7 Å². The van der Waals surface area contributed by atoms with Gasteiger partial charge in [-0.15, -0.1) is 0 Å². The van der Waals surface area contributed by atoms with E-state index in [9.17, 15) is 4.79 Å². The number of benzene rings is 1. The molecule has 2 saturated heterocycles. The van der Waals surface area contributed by atoms with Crippen LogP contribution in [0.25, 0.3) is 10.9 Å². The molecule has 1 N–H and O–H groups in total. The highest BCUT2D eigenvalue weighted by Gasteiger charge is 2.63. The molecule has 2 aromatic rings. The van der Waals surface area contributed by atoms with Gasteiger partial charge in [-0.3, -0.25) is 9.69 Å². The number of esters is 1. The number of fused-ring (bicyclic) bond motifs is 4. The summed E-state index contributed by atoms with van der Waals surface area (Å²) >= 11 is 0. The molecule has 6 rings (SSSR count). The van der Waals surface area contributed by atoms with Crippen LogP contribution in [-0.2, 0) is 35.6 Å². The van der Waals surface area contributed by atoms with E-state index in [-0.39, 0.29) is 18.8 Å². The molecule has 0 spiro atoms. The fourth-order valence-electron chi connectivity index (χ4n) is 6.94. The summed E-state index contributed by atoms with van der Waals surface area (Å²) in [5.41, 5.74) is 2.67. The van der Waals surface area contributed by atoms with Gasteiger partial charge >= 0.3 is 5.97 Å². The number of carbonyl (C=O) groups is 1. The number of hydrogen-bond donors (Lipinski definition) is 1. The fraction of sp³-hybridized carbons (Fsp3) is 0.667. The van der Waals surface area contributed by atoms with Crippen molar-refractivity contribution in [2.24, 2.45) is 11.8 Å². The van der Waals surface area contributed by atoms with Crippen molar-refractivity contribution >= 4 is 16.9 Å². The van der Waals surface area contributed by atoms with Crippen molar-refractivity contribution in [3.05, 3.63) is 29.5 Å². The lowest BCUT2D eigenvalue weighted by atomic mass is 9.56. The number of piperidine rings is 2. The molecule has 3 aliphatic heterocycles. The van der Waals surface area contributed by atoms with Gasteiger partial charge in [0.25, 0.3) is 0 Å². The number of nitrogens with one attached hydrogen (secondary N) is 1. The molecule has 0 amide bonds. The Morgan fingerprint density at radius 2 is 2.06 bits per heavy atom. The fourth-order valence-corrected chi connectivity index (χ4v) is 6.94. The lowest BCUT2D eigenvalue weighted by molar-refractivity contribution is -0.166. The van der Waals surface area contributed by atoms with Crippen molar-refractivity contribution in [3.63, 3.8) is 0 Å². The van der Waals surface area contributed by atoms with Crippen molar-refractivity contribution in [1.82, 2.24) is 9.88 Å². The van der Waals surface area contributed by atoms with Crippen molar-refractivity contribution in [2.75, 3.05) is 60.5 Å². The van der Waals surface area contributed by atoms with Gasteiger partial charge in [-0.05, 0) is 68.2 Å². The molecule has 1 aromatic heterocycles. The maximum absolute atomic E-state index is 13.9. The van der Waals surface area contributed by atoms with Crippen LogP contribution in [0.2, 0.25) is 0 Å². The van der Waals surface area contributed by atoms with Crippen LogP contribution in [0.1, 0.15) is 37.4 Å². The molecule has 4 aliphatic rings. The van der Waals surface area contributed by atoms with E-state index in [1.165, 1.54) is 5.56 Å². The van der Waals surface area contributed by atoms with E-state index in [2.05, 4.69) is 22.0 Å². The molecule has 1 saturated carbocycles. The quantitative estimate of drug-likeness (QED) is 0.297. The van der Waals surface area contributed by atoms with E-state index in [0.717, 1.165) is 61.1 Å². The molecule has 4 heterocycles. The van der Waals surface area contributed by atoms with Crippen molar-refractivity contribution in [1.29, 1.82) is 0 Å². The highest BCUT2D eigenvalue weighted by molar-refractivity contribution is 5.92. The lowest BCUT2D eigenvalue weighted by Gasteiger charge is -2.58. The molecular weight excluding hydrogens is 448 g/mol. The van der Waals surface area contributed by atoms with Gasteiger partial charge in [-0.2, -0.15) is 0 Å². The van der Waals surface area contributed by atoms with Crippen molar-refractivity contribution < 1.29 is 28.5 Å². The standard InChI is InChI=1S/C27H38N2O6/c1-4-35-26(30)27-15-18-13-19(8-10-33-17-34-12-11-31-2)25(27)29(16-18)9-7-21-22-14-20(32-3)5-6-23(22)28-24(21)27/h5-6,14,18-19,25,28H,4,7-13,15-17H2,1-3H3. The van der Waals surface area contributed by atoms with Crippen LogP contribution in [0.15, 0.2) is 18.2 Å². The summed E-state index contributed by atoms with van der Waals surface area (Å²) in [4.78, 5) is 20.2. The first-order valence-corrected chi connectivity index (χ1v) is 12.9. The summed E-state index contributed by atoms with van der Waals surface area (Å²) < 4.78 is 27.6. The van der Waals surface area contributed by atoms with Gasteiger partial charge < -0.3 is 28.7 Å². The Morgan fingerprint density at radius 1 is 1.20 bits per heavy atom. The van der Waals surface area contributed by atoms with Crippen LogP contribution in [-0.4, -0.2) is 82.4 Å². The van der Waals surface area contributed by atoms with E-state index in [1.807, 2.05) is 13.0 Å². The minimum atomic E-state index is -0.686. The zero-order valence-electron chi connectivity index (χ0n) is 21.1. The normalized spacial score (nSPS) is 29.1. The van der Waals surface area contributed by atoms with Gasteiger partial charge in [-0.1, -0.05) is 0 Å². The van der Waals surface area contributed by atoms with Crippen LogP contribution in [0.4, 0.5) is 0 Å². The Labute approximate surface area is 207 Å². The first-order chi connectivity index (χ1) is 17.1. The zero-order valence-corrected chi connectivity index (χ0v) is 21.1. The molecular formula is C27H38N2O6. The Bertz CT molecular complexity index is 1040. The summed E-state index contributed by atoms with van der Waals surface area (Å²) in [6.45, 7) is 6.24. The maximum Gasteiger partial charge on any atom is 0.319 e. The third-order valence-corrected chi connectivity index (χ3v) is 8.16. The van der Waals surface area contributed by atoms with Crippen molar-refractivity contribution in [2.45, 2.75) is 44.1 Å². The summed E-state index contributed by atoms with van der Waals surface area (Å²) in [6, 6.07) is 6.24. The third kappa shape index (κ3) is 4.35. The predicted molar refractivity (Wildman–Crippen MR) is 132 cm³/mol. The van der Waals surface area contributed by atoms with E-state index < -0.39 is 5.41 Å².